The Bertz CT molecular complexity index is 994. The summed E-state index contributed by atoms with van der Waals surface area (Å²) >= 11 is 17.8. The lowest BCUT2D eigenvalue weighted by atomic mass is 10.1. The summed E-state index contributed by atoms with van der Waals surface area (Å²) in [5.41, 5.74) is 0.404. The molecule has 1 fully saturated rings. The molecule has 1 aliphatic rings. The second kappa shape index (κ2) is 9.61. The van der Waals surface area contributed by atoms with Crippen LogP contribution in [-0.4, -0.2) is 59.3 Å². The zero-order chi connectivity index (χ0) is 21.8. The fraction of sp³-hybridized carbons (Fsp3) is 0.263. The number of amides is 2. The first-order valence-corrected chi connectivity index (χ1v) is 10.1. The molecule has 158 valence electrons. The van der Waals surface area contributed by atoms with E-state index in [1.807, 2.05) is 4.90 Å². The summed E-state index contributed by atoms with van der Waals surface area (Å²) in [4.78, 5) is 38.9. The predicted molar refractivity (Wildman–Crippen MR) is 116 cm³/mol. The highest BCUT2D eigenvalue weighted by atomic mass is 35.5. The van der Waals surface area contributed by atoms with Crippen LogP contribution in [0.5, 0.6) is 0 Å². The Kier molecular flexibility index (Phi) is 7.14. The minimum absolute atomic E-state index is 0.000390. The number of nitrogens with one attached hydrogen (secondary N) is 1. The van der Waals surface area contributed by atoms with Crippen LogP contribution in [0.15, 0.2) is 36.4 Å². The van der Waals surface area contributed by atoms with E-state index in [0.717, 1.165) is 0 Å². The first-order chi connectivity index (χ1) is 14.2. The van der Waals surface area contributed by atoms with Gasteiger partial charge in [0.15, 0.2) is 0 Å². The van der Waals surface area contributed by atoms with E-state index in [9.17, 15) is 19.7 Å². The number of benzene rings is 2. The first-order valence-electron chi connectivity index (χ1n) is 8.95. The van der Waals surface area contributed by atoms with Crippen molar-refractivity contribution >= 4 is 58.0 Å². The van der Waals surface area contributed by atoms with Crippen molar-refractivity contribution in [2.24, 2.45) is 0 Å². The van der Waals surface area contributed by atoms with E-state index in [0.29, 0.717) is 47.5 Å². The summed E-state index contributed by atoms with van der Waals surface area (Å²) in [5, 5.41) is 14.3. The highest BCUT2D eigenvalue weighted by molar-refractivity contribution is 6.36. The molecule has 0 saturated carbocycles. The summed E-state index contributed by atoms with van der Waals surface area (Å²) in [6.07, 6.45) is 0. The van der Waals surface area contributed by atoms with E-state index in [1.54, 1.807) is 17.0 Å². The van der Waals surface area contributed by atoms with Gasteiger partial charge in [0.1, 0.15) is 5.02 Å². The minimum atomic E-state index is -0.610. The smallest absolute Gasteiger partial charge is 0.289 e. The third-order valence-electron chi connectivity index (χ3n) is 4.61. The summed E-state index contributed by atoms with van der Waals surface area (Å²) in [5.74, 6) is -0.499. The van der Waals surface area contributed by atoms with Crippen LogP contribution in [0.25, 0.3) is 0 Å². The molecule has 2 aromatic rings. The van der Waals surface area contributed by atoms with Crippen LogP contribution in [0.2, 0.25) is 15.1 Å². The minimum Gasteiger partial charge on any atom is -0.336 e. The molecular weight excluding hydrogens is 455 g/mol. The fourth-order valence-corrected chi connectivity index (χ4v) is 3.75. The van der Waals surface area contributed by atoms with E-state index >= 15 is 0 Å². The maximum atomic E-state index is 12.7. The molecule has 0 unspecified atom stereocenters. The number of nitro groups is 1. The van der Waals surface area contributed by atoms with E-state index in [-0.39, 0.29) is 29.1 Å². The molecule has 1 saturated heterocycles. The van der Waals surface area contributed by atoms with Crippen molar-refractivity contribution in [2.45, 2.75) is 0 Å². The second-order valence-electron chi connectivity index (χ2n) is 6.66. The third-order valence-corrected chi connectivity index (χ3v) is 5.48. The maximum Gasteiger partial charge on any atom is 0.289 e. The number of hydrogen-bond acceptors (Lipinski definition) is 5. The number of halogens is 3. The van der Waals surface area contributed by atoms with Gasteiger partial charge in [-0.1, -0.05) is 34.8 Å². The number of hydrogen-bond donors (Lipinski definition) is 1. The van der Waals surface area contributed by atoms with Gasteiger partial charge in [-0.25, -0.2) is 0 Å². The number of nitro benzene ring substituents is 1. The summed E-state index contributed by atoms with van der Waals surface area (Å²) < 4.78 is 0. The average molecular weight is 472 g/mol. The zero-order valence-corrected chi connectivity index (χ0v) is 17.9. The molecule has 1 aliphatic heterocycles. The predicted octanol–water partition coefficient (Wildman–Crippen LogP) is 3.95. The molecule has 2 aromatic carbocycles. The molecular formula is C19H17Cl3N4O4. The zero-order valence-electron chi connectivity index (χ0n) is 15.6. The highest BCUT2D eigenvalue weighted by Gasteiger charge is 2.25. The Balaban J connectivity index is 1.53. The van der Waals surface area contributed by atoms with Crippen LogP contribution in [0.3, 0.4) is 0 Å². The molecule has 0 atom stereocenters. The van der Waals surface area contributed by atoms with Crippen molar-refractivity contribution in [3.63, 3.8) is 0 Å². The summed E-state index contributed by atoms with van der Waals surface area (Å²) in [6.45, 7) is 1.99. The monoisotopic (exact) mass is 470 g/mol. The Labute approximate surface area is 187 Å². The Hall–Kier alpha value is -2.39. The molecule has 0 aliphatic carbocycles. The summed E-state index contributed by atoms with van der Waals surface area (Å²) in [6, 6.07) is 8.81. The van der Waals surface area contributed by atoms with Crippen LogP contribution in [0, 0.1) is 10.1 Å². The number of rotatable bonds is 5. The number of anilines is 1. The number of piperazine rings is 1. The van der Waals surface area contributed by atoms with Crippen molar-refractivity contribution in [3.05, 3.63) is 67.1 Å². The average Bonchev–Trinajstić information content (AvgIpc) is 2.69. The SMILES string of the molecule is O=C(CN1CCN(C(=O)c2ccc(Cl)cc2Cl)CC1)Nc1ccc(Cl)c([N+](=O)[O-])c1. The largest absolute Gasteiger partial charge is 0.336 e. The van der Waals surface area contributed by atoms with Crippen LogP contribution in [0.1, 0.15) is 10.4 Å². The Morgan fingerprint density at radius 1 is 1.00 bits per heavy atom. The van der Waals surface area contributed by atoms with Gasteiger partial charge in [0.2, 0.25) is 5.91 Å². The van der Waals surface area contributed by atoms with E-state index in [4.69, 9.17) is 34.8 Å². The van der Waals surface area contributed by atoms with Gasteiger partial charge in [0.05, 0.1) is 22.1 Å². The lowest BCUT2D eigenvalue weighted by Gasteiger charge is -2.34. The molecule has 11 heteroatoms. The van der Waals surface area contributed by atoms with E-state index in [1.165, 1.54) is 24.3 Å². The Morgan fingerprint density at radius 2 is 1.70 bits per heavy atom. The van der Waals surface area contributed by atoms with Gasteiger partial charge in [0.25, 0.3) is 11.6 Å². The van der Waals surface area contributed by atoms with Gasteiger partial charge in [-0.15, -0.1) is 0 Å². The standard InChI is InChI=1S/C19H17Cl3N4O4/c20-12-1-3-14(16(22)9-12)19(28)25-7-5-24(6-8-25)11-18(27)23-13-2-4-15(21)17(10-13)26(29)30/h1-4,9-10H,5-8,11H2,(H,23,27). The van der Waals surface area contributed by atoms with Gasteiger partial charge in [-0.05, 0) is 30.3 Å². The van der Waals surface area contributed by atoms with Gasteiger partial charge in [0, 0.05) is 43.0 Å². The van der Waals surface area contributed by atoms with E-state index < -0.39 is 4.92 Å². The van der Waals surface area contributed by atoms with Crippen LogP contribution < -0.4 is 5.32 Å². The second-order valence-corrected chi connectivity index (χ2v) is 7.91. The molecule has 2 amide bonds. The van der Waals surface area contributed by atoms with Crippen LogP contribution in [-0.2, 0) is 4.79 Å². The normalized spacial score (nSPS) is 14.4. The fourth-order valence-electron chi connectivity index (χ4n) is 3.08. The first kappa shape index (κ1) is 22.3. The third kappa shape index (κ3) is 5.40. The molecule has 1 heterocycles. The number of nitrogens with zero attached hydrogens (tertiary/aromatic N) is 3. The summed E-state index contributed by atoms with van der Waals surface area (Å²) in [7, 11) is 0. The van der Waals surface area contributed by atoms with Crippen LogP contribution in [0.4, 0.5) is 11.4 Å². The number of carbonyl (C=O) groups is 2. The topological polar surface area (TPSA) is 95.8 Å². The van der Waals surface area contributed by atoms with Crippen molar-refractivity contribution in [2.75, 3.05) is 38.0 Å². The molecule has 0 bridgehead atoms. The molecule has 0 spiro atoms. The van der Waals surface area contributed by atoms with Crippen molar-refractivity contribution in [3.8, 4) is 0 Å². The molecule has 3 rings (SSSR count). The molecule has 0 radical (unpaired) electrons. The van der Waals surface area contributed by atoms with Gasteiger partial charge in [-0.3, -0.25) is 24.6 Å². The molecule has 30 heavy (non-hydrogen) atoms. The lowest BCUT2D eigenvalue weighted by molar-refractivity contribution is -0.384. The molecule has 0 aromatic heterocycles. The molecule has 1 N–H and O–H groups in total. The Morgan fingerprint density at radius 3 is 2.33 bits per heavy atom. The van der Waals surface area contributed by atoms with Gasteiger partial charge < -0.3 is 10.2 Å². The van der Waals surface area contributed by atoms with Gasteiger partial charge >= 0.3 is 0 Å². The van der Waals surface area contributed by atoms with Crippen LogP contribution >= 0.6 is 34.8 Å². The number of carbonyl (C=O) groups excluding carboxylic acids is 2. The lowest BCUT2D eigenvalue weighted by Crippen LogP contribution is -2.50. The van der Waals surface area contributed by atoms with E-state index in [2.05, 4.69) is 5.32 Å². The molecule has 8 nitrogen and oxygen atoms in total. The highest BCUT2D eigenvalue weighted by Crippen LogP contribution is 2.27. The van der Waals surface area contributed by atoms with Crippen molar-refractivity contribution in [1.82, 2.24) is 9.80 Å². The quantitative estimate of drug-likeness (QED) is 0.526. The van der Waals surface area contributed by atoms with Crippen molar-refractivity contribution in [1.29, 1.82) is 0 Å². The van der Waals surface area contributed by atoms with Gasteiger partial charge in [-0.2, -0.15) is 0 Å². The maximum absolute atomic E-state index is 12.7. The van der Waals surface area contributed by atoms with Crippen molar-refractivity contribution < 1.29 is 14.5 Å².